The highest BCUT2D eigenvalue weighted by Gasteiger charge is 2.30. The van der Waals surface area contributed by atoms with Crippen molar-refractivity contribution in [3.05, 3.63) is 64.7 Å². The van der Waals surface area contributed by atoms with Crippen LogP contribution in [0.3, 0.4) is 0 Å². The molecule has 0 radical (unpaired) electrons. The average Bonchev–Trinajstić information content (AvgIpc) is 2.66. The van der Waals surface area contributed by atoms with E-state index in [1.807, 2.05) is 13.0 Å². The maximum absolute atomic E-state index is 12.6. The van der Waals surface area contributed by atoms with Gasteiger partial charge in [-0.1, -0.05) is 13.0 Å². The van der Waals surface area contributed by atoms with Crippen LogP contribution in [0, 0.1) is 0 Å². The Balaban J connectivity index is 1.74. The van der Waals surface area contributed by atoms with Crippen LogP contribution in [0.25, 0.3) is 0 Å². The largest absolute Gasteiger partial charge is 0.416 e. The number of hydrogen-bond donors (Lipinski definition) is 1. The van der Waals surface area contributed by atoms with E-state index in [-0.39, 0.29) is 17.9 Å². The average molecular weight is 426 g/mol. The van der Waals surface area contributed by atoms with Crippen LogP contribution in [0.5, 0.6) is 0 Å². The standard InChI is InChI=1S/C20H21F3N2O3S/c1-2-11-29(27,28)25-10-9-14-5-8-18(12-16(14)13-25)24-19(26)15-3-6-17(7-4-15)20(21,22)23/h3-8,12H,2,9-11,13H2,1H3,(H,24,26). The molecule has 0 aromatic heterocycles. The zero-order chi connectivity index (χ0) is 21.2. The Bertz CT molecular complexity index is 1000. The number of hydrogen-bond acceptors (Lipinski definition) is 3. The second kappa shape index (κ2) is 8.16. The highest BCUT2D eigenvalue weighted by molar-refractivity contribution is 7.89. The molecule has 0 saturated carbocycles. The molecule has 1 heterocycles. The molecule has 0 fully saturated rings. The lowest BCUT2D eigenvalue weighted by Crippen LogP contribution is -2.37. The lowest BCUT2D eigenvalue weighted by molar-refractivity contribution is -0.137. The second-order valence-corrected chi connectivity index (χ2v) is 9.00. The van der Waals surface area contributed by atoms with Gasteiger partial charge < -0.3 is 5.32 Å². The van der Waals surface area contributed by atoms with E-state index in [2.05, 4.69) is 5.32 Å². The molecule has 0 unspecified atom stereocenters. The quantitative estimate of drug-likeness (QED) is 0.784. The van der Waals surface area contributed by atoms with Crippen molar-refractivity contribution in [2.24, 2.45) is 0 Å². The van der Waals surface area contributed by atoms with Crippen molar-refractivity contribution in [1.82, 2.24) is 4.31 Å². The fraction of sp³-hybridized carbons (Fsp3) is 0.350. The van der Waals surface area contributed by atoms with E-state index in [1.165, 1.54) is 4.31 Å². The van der Waals surface area contributed by atoms with Crippen LogP contribution in [0.15, 0.2) is 42.5 Å². The molecule has 1 aliphatic heterocycles. The number of sulfonamides is 1. The molecule has 0 saturated heterocycles. The summed E-state index contributed by atoms with van der Waals surface area (Å²) >= 11 is 0. The number of carbonyl (C=O) groups excluding carboxylic acids is 1. The number of halogens is 3. The molecule has 1 N–H and O–H groups in total. The molecule has 9 heteroatoms. The zero-order valence-electron chi connectivity index (χ0n) is 15.8. The molecule has 1 aliphatic rings. The van der Waals surface area contributed by atoms with Crippen LogP contribution in [0.1, 0.15) is 40.4 Å². The van der Waals surface area contributed by atoms with Crippen LogP contribution in [-0.2, 0) is 29.2 Å². The lowest BCUT2D eigenvalue weighted by Gasteiger charge is -2.28. The Labute approximate surface area is 167 Å². The van der Waals surface area contributed by atoms with Gasteiger partial charge in [0.05, 0.1) is 11.3 Å². The Kier molecular flexibility index (Phi) is 6.00. The Morgan fingerprint density at radius 3 is 2.41 bits per heavy atom. The number of anilines is 1. The second-order valence-electron chi connectivity index (χ2n) is 6.91. The van der Waals surface area contributed by atoms with Gasteiger partial charge in [-0.3, -0.25) is 4.79 Å². The minimum Gasteiger partial charge on any atom is -0.322 e. The van der Waals surface area contributed by atoms with Gasteiger partial charge in [0.15, 0.2) is 0 Å². The zero-order valence-corrected chi connectivity index (χ0v) is 16.6. The third-order valence-corrected chi connectivity index (χ3v) is 6.79. The lowest BCUT2D eigenvalue weighted by atomic mass is 10.0. The molecule has 1 amide bonds. The van der Waals surface area contributed by atoms with Crippen molar-refractivity contribution in [2.45, 2.75) is 32.5 Å². The summed E-state index contributed by atoms with van der Waals surface area (Å²) in [6.07, 6.45) is -3.34. The van der Waals surface area contributed by atoms with Crippen LogP contribution in [-0.4, -0.2) is 30.9 Å². The maximum atomic E-state index is 12.6. The van der Waals surface area contributed by atoms with E-state index < -0.39 is 27.7 Å². The third-order valence-electron chi connectivity index (χ3n) is 4.77. The van der Waals surface area contributed by atoms with E-state index in [4.69, 9.17) is 0 Å². The van der Waals surface area contributed by atoms with Gasteiger partial charge in [0.1, 0.15) is 0 Å². The highest BCUT2D eigenvalue weighted by atomic mass is 32.2. The van der Waals surface area contributed by atoms with Crippen LogP contribution in [0.2, 0.25) is 0 Å². The minimum atomic E-state index is -4.46. The molecule has 0 bridgehead atoms. The predicted molar refractivity (Wildman–Crippen MR) is 104 cm³/mol. The summed E-state index contributed by atoms with van der Waals surface area (Å²) in [5.74, 6) is -0.447. The van der Waals surface area contributed by atoms with E-state index in [0.29, 0.717) is 25.1 Å². The first-order chi connectivity index (χ1) is 13.6. The van der Waals surface area contributed by atoms with Crippen molar-refractivity contribution in [1.29, 1.82) is 0 Å². The van der Waals surface area contributed by atoms with Gasteiger partial charge in [0.2, 0.25) is 10.0 Å². The van der Waals surface area contributed by atoms with Crippen LogP contribution in [0.4, 0.5) is 18.9 Å². The first kappa shape index (κ1) is 21.3. The Hall–Kier alpha value is -2.39. The van der Waals surface area contributed by atoms with E-state index >= 15 is 0 Å². The number of alkyl halides is 3. The molecule has 0 spiro atoms. The Morgan fingerprint density at radius 2 is 1.79 bits per heavy atom. The number of nitrogens with one attached hydrogen (secondary N) is 1. The summed E-state index contributed by atoms with van der Waals surface area (Å²) in [6.45, 7) is 2.47. The van der Waals surface area contributed by atoms with Gasteiger partial charge >= 0.3 is 6.18 Å². The summed E-state index contributed by atoms with van der Waals surface area (Å²) < 4.78 is 64.0. The fourth-order valence-electron chi connectivity index (χ4n) is 3.25. The summed E-state index contributed by atoms with van der Waals surface area (Å²) in [6, 6.07) is 9.21. The van der Waals surface area contributed by atoms with Crippen LogP contribution >= 0.6 is 0 Å². The molecule has 2 aromatic rings. The number of fused-ring (bicyclic) bond motifs is 1. The van der Waals surface area contributed by atoms with Gasteiger partial charge in [0, 0.05) is 24.3 Å². The molecular weight excluding hydrogens is 405 g/mol. The fourth-order valence-corrected chi connectivity index (χ4v) is 4.73. The topological polar surface area (TPSA) is 66.5 Å². The highest BCUT2D eigenvalue weighted by Crippen LogP contribution is 2.29. The smallest absolute Gasteiger partial charge is 0.322 e. The summed E-state index contributed by atoms with van der Waals surface area (Å²) in [5, 5.41) is 2.66. The van der Waals surface area contributed by atoms with Crippen molar-refractivity contribution >= 4 is 21.6 Å². The molecule has 0 atom stereocenters. The monoisotopic (exact) mass is 426 g/mol. The van der Waals surface area contributed by atoms with Crippen molar-refractivity contribution in [2.75, 3.05) is 17.6 Å². The number of carbonyl (C=O) groups is 1. The molecule has 156 valence electrons. The summed E-state index contributed by atoms with van der Waals surface area (Å²) in [7, 11) is -3.32. The number of nitrogens with zero attached hydrogens (tertiary/aromatic N) is 1. The molecule has 3 rings (SSSR count). The number of benzene rings is 2. The van der Waals surface area contributed by atoms with E-state index in [9.17, 15) is 26.4 Å². The predicted octanol–water partition coefficient (Wildman–Crippen LogP) is 4.06. The first-order valence-electron chi connectivity index (χ1n) is 9.18. The SMILES string of the molecule is CCCS(=O)(=O)N1CCc2ccc(NC(=O)c3ccc(C(F)(F)F)cc3)cc2C1. The number of amides is 1. The van der Waals surface area contributed by atoms with Crippen molar-refractivity contribution < 1.29 is 26.4 Å². The molecule has 0 aliphatic carbocycles. The maximum Gasteiger partial charge on any atom is 0.416 e. The van der Waals surface area contributed by atoms with Gasteiger partial charge in [-0.25, -0.2) is 8.42 Å². The molecular formula is C20H21F3N2O3S. The third kappa shape index (κ3) is 4.97. The molecule has 5 nitrogen and oxygen atoms in total. The summed E-state index contributed by atoms with van der Waals surface area (Å²) in [4.78, 5) is 12.4. The summed E-state index contributed by atoms with van der Waals surface area (Å²) in [5.41, 5.74) is 1.56. The molecule has 29 heavy (non-hydrogen) atoms. The minimum absolute atomic E-state index is 0.0900. The normalized spacial score (nSPS) is 15.0. The van der Waals surface area contributed by atoms with Crippen LogP contribution < -0.4 is 5.32 Å². The van der Waals surface area contributed by atoms with E-state index in [1.54, 1.807) is 12.1 Å². The van der Waals surface area contributed by atoms with Crippen molar-refractivity contribution in [3.63, 3.8) is 0 Å². The molecule has 2 aromatic carbocycles. The van der Waals surface area contributed by atoms with Crippen molar-refractivity contribution in [3.8, 4) is 0 Å². The van der Waals surface area contributed by atoms with Gasteiger partial charge in [0.25, 0.3) is 5.91 Å². The van der Waals surface area contributed by atoms with Gasteiger partial charge in [-0.2, -0.15) is 17.5 Å². The van der Waals surface area contributed by atoms with Gasteiger partial charge in [-0.05, 0) is 60.4 Å². The van der Waals surface area contributed by atoms with E-state index in [0.717, 1.165) is 35.4 Å². The van der Waals surface area contributed by atoms with Gasteiger partial charge in [-0.15, -0.1) is 0 Å². The number of rotatable bonds is 5. The first-order valence-corrected chi connectivity index (χ1v) is 10.8. The Morgan fingerprint density at radius 1 is 1.10 bits per heavy atom.